The van der Waals surface area contributed by atoms with Gasteiger partial charge >= 0.3 is 5.97 Å². The molecule has 0 aliphatic carbocycles. The lowest BCUT2D eigenvalue weighted by Gasteiger charge is -2.36. The van der Waals surface area contributed by atoms with Crippen LogP contribution in [0.15, 0.2) is 11.6 Å². The largest absolute Gasteiger partial charge is 0.478 e. The molecule has 1 rings (SSSR count). The lowest BCUT2D eigenvalue weighted by atomic mass is 9.96. The first-order chi connectivity index (χ1) is 13.0. The molecule has 2 amide bonds. The van der Waals surface area contributed by atoms with Crippen LogP contribution in [0.2, 0.25) is 0 Å². The Morgan fingerprint density at radius 2 is 1.75 bits per heavy atom. The van der Waals surface area contributed by atoms with E-state index in [0.717, 1.165) is 25.8 Å². The first-order valence-corrected chi connectivity index (χ1v) is 10.2. The van der Waals surface area contributed by atoms with Crippen molar-refractivity contribution in [3.8, 4) is 0 Å². The Kier molecular flexibility index (Phi) is 9.14. The van der Waals surface area contributed by atoms with Crippen molar-refractivity contribution in [2.24, 2.45) is 11.8 Å². The molecule has 28 heavy (non-hydrogen) atoms. The van der Waals surface area contributed by atoms with Crippen molar-refractivity contribution >= 4 is 17.8 Å². The molecule has 0 aromatic heterocycles. The fourth-order valence-corrected chi connectivity index (χ4v) is 3.61. The number of nitrogens with one attached hydrogen (secondary N) is 1. The molecule has 0 saturated carbocycles. The van der Waals surface area contributed by atoms with Crippen LogP contribution in [0.1, 0.15) is 53.9 Å². The number of aliphatic carboxylic acids is 1. The number of hydrogen-bond acceptors (Lipinski definition) is 4. The van der Waals surface area contributed by atoms with E-state index in [1.807, 2.05) is 39.6 Å². The van der Waals surface area contributed by atoms with Gasteiger partial charge < -0.3 is 15.3 Å². The summed E-state index contributed by atoms with van der Waals surface area (Å²) >= 11 is 0. The summed E-state index contributed by atoms with van der Waals surface area (Å²) in [5.74, 6) is -1.35. The molecule has 1 heterocycles. The zero-order valence-corrected chi connectivity index (χ0v) is 18.4. The fourth-order valence-electron chi connectivity index (χ4n) is 3.61. The van der Waals surface area contributed by atoms with Crippen LogP contribution in [-0.2, 0) is 14.4 Å². The summed E-state index contributed by atoms with van der Waals surface area (Å²) in [6.07, 6.45) is 4.50. The zero-order chi connectivity index (χ0) is 21.6. The molecular formula is C21H37N3O4. The number of carbonyl (C=O) groups excluding carboxylic acids is 2. The Bertz CT molecular complexity index is 600. The summed E-state index contributed by atoms with van der Waals surface area (Å²) in [5.41, 5.74) is 0.201. The quantitative estimate of drug-likeness (QED) is 0.615. The molecule has 1 saturated heterocycles. The van der Waals surface area contributed by atoms with E-state index in [9.17, 15) is 19.5 Å². The summed E-state index contributed by atoms with van der Waals surface area (Å²) in [4.78, 5) is 40.8. The van der Waals surface area contributed by atoms with Gasteiger partial charge in [0.1, 0.15) is 6.04 Å². The van der Waals surface area contributed by atoms with E-state index in [1.54, 1.807) is 18.0 Å². The number of hydrogen-bond donors (Lipinski definition) is 2. The molecule has 1 fully saturated rings. The van der Waals surface area contributed by atoms with E-state index >= 15 is 0 Å². The highest BCUT2D eigenvalue weighted by molar-refractivity contribution is 5.90. The maximum atomic E-state index is 13.2. The Hall–Kier alpha value is -1.89. The molecule has 7 heteroatoms. The molecule has 2 unspecified atom stereocenters. The van der Waals surface area contributed by atoms with Gasteiger partial charge in [-0.2, -0.15) is 0 Å². The van der Waals surface area contributed by atoms with Gasteiger partial charge in [-0.15, -0.1) is 0 Å². The van der Waals surface area contributed by atoms with Crippen LogP contribution in [-0.4, -0.2) is 71.5 Å². The molecule has 0 radical (unpaired) electrons. The van der Waals surface area contributed by atoms with Crippen molar-refractivity contribution in [3.63, 3.8) is 0 Å². The Morgan fingerprint density at radius 3 is 2.21 bits per heavy atom. The van der Waals surface area contributed by atoms with Gasteiger partial charge in [0.25, 0.3) is 0 Å². The van der Waals surface area contributed by atoms with E-state index in [0.29, 0.717) is 0 Å². The van der Waals surface area contributed by atoms with E-state index in [4.69, 9.17) is 0 Å². The number of carboxylic acids is 1. The third-order valence-corrected chi connectivity index (χ3v) is 5.54. The third kappa shape index (κ3) is 6.33. The number of rotatable bonds is 8. The van der Waals surface area contributed by atoms with Crippen LogP contribution in [0.5, 0.6) is 0 Å². The Balaban J connectivity index is 2.99. The number of likely N-dealkylation sites (tertiary alicyclic amines) is 1. The van der Waals surface area contributed by atoms with E-state index < -0.39 is 12.0 Å². The average Bonchev–Trinajstić information content (AvgIpc) is 2.62. The average molecular weight is 396 g/mol. The van der Waals surface area contributed by atoms with Crippen LogP contribution >= 0.6 is 0 Å². The van der Waals surface area contributed by atoms with E-state index in [2.05, 4.69) is 5.32 Å². The SMILES string of the molecule is C/C(=C\[C@H](C(C)C)N(C)C(=O)C(NC(=O)C1CCCCN1C)C(C)C)C(=O)O. The van der Waals surface area contributed by atoms with E-state index in [-0.39, 0.29) is 41.3 Å². The van der Waals surface area contributed by atoms with Crippen LogP contribution in [0, 0.1) is 11.8 Å². The lowest BCUT2D eigenvalue weighted by molar-refractivity contribution is -0.140. The van der Waals surface area contributed by atoms with Crippen molar-refractivity contribution in [3.05, 3.63) is 11.6 Å². The number of carboxylic acid groups (broad SMARTS) is 1. The third-order valence-electron chi connectivity index (χ3n) is 5.54. The second kappa shape index (κ2) is 10.6. The highest BCUT2D eigenvalue weighted by Gasteiger charge is 2.34. The highest BCUT2D eigenvalue weighted by Crippen LogP contribution is 2.19. The standard InChI is InChI=1S/C21H37N3O4/c1-13(2)17(12-15(5)21(27)28)24(7)20(26)18(14(3)4)22-19(25)16-10-8-9-11-23(16)6/h12-14,16-18H,8-11H2,1-7H3,(H,22,25)(H,27,28)/b15-12+/t16?,17-,18?/m1/s1. The molecule has 7 nitrogen and oxygen atoms in total. The van der Waals surface area contributed by atoms with Gasteiger partial charge in [-0.1, -0.05) is 40.2 Å². The summed E-state index contributed by atoms with van der Waals surface area (Å²) in [7, 11) is 3.61. The molecule has 1 aliphatic heterocycles. The minimum Gasteiger partial charge on any atom is -0.478 e. The van der Waals surface area contributed by atoms with Crippen molar-refractivity contribution in [1.29, 1.82) is 0 Å². The van der Waals surface area contributed by atoms with Gasteiger partial charge in [-0.25, -0.2) is 4.79 Å². The highest BCUT2D eigenvalue weighted by atomic mass is 16.4. The van der Waals surface area contributed by atoms with Crippen molar-refractivity contribution in [2.75, 3.05) is 20.6 Å². The molecule has 2 N–H and O–H groups in total. The van der Waals surface area contributed by atoms with Gasteiger partial charge in [0.2, 0.25) is 11.8 Å². The summed E-state index contributed by atoms with van der Waals surface area (Å²) < 4.78 is 0. The van der Waals surface area contributed by atoms with Crippen LogP contribution in [0.25, 0.3) is 0 Å². The smallest absolute Gasteiger partial charge is 0.331 e. The number of carbonyl (C=O) groups is 3. The topological polar surface area (TPSA) is 90.0 Å². The normalized spacial score (nSPS) is 20.8. The number of piperidine rings is 1. The first kappa shape index (κ1) is 24.1. The van der Waals surface area contributed by atoms with Crippen molar-refractivity contribution < 1.29 is 19.5 Å². The molecule has 0 bridgehead atoms. The van der Waals surface area contributed by atoms with Gasteiger partial charge in [0.15, 0.2) is 0 Å². The Labute approximate surface area is 169 Å². The summed E-state index contributed by atoms with van der Waals surface area (Å²) in [6.45, 7) is 10.1. The lowest BCUT2D eigenvalue weighted by Crippen LogP contribution is -2.57. The second-order valence-corrected chi connectivity index (χ2v) is 8.56. The monoisotopic (exact) mass is 395 g/mol. The van der Waals surface area contributed by atoms with Gasteiger partial charge in [0.05, 0.1) is 12.1 Å². The predicted molar refractivity (Wildman–Crippen MR) is 110 cm³/mol. The molecule has 1 aliphatic rings. The van der Waals surface area contributed by atoms with Crippen LogP contribution in [0.4, 0.5) is 0 Å². The molecule has 0 aromatic rings. The zero-order valence-electron chi connectivity index (χ0n) is 18.4. The number of likely N-dealkylation sites (N-methyl/N-ethyl adjacent to an activating group) is 2. The molecule has 0 aromatic carbocycles. The molecule has 160 valence electrons. The summed E-state index contributed by atoms with van der Waals surface area (Å²) in [6, 6.07) is -1.21. The predicted octanol–water partition coefficient (Wildman–Crippen LogP) is 2.13. The minimum atomic E-state index is -0.999. The number of amides is 2. The van der Waals surface area contributed by atoms with Crippen molar-refractivity contribution in [2.45, 2.75) is 72.0 Å². The molecular weight excluding hydrogens is 358 g/mol. The molecule has 3 atom stereocenters. The maximum Gasteiger partial charge on any atom is 0.331 e. The van der Waals surface area contributed by atoms with Crippen LogP contribution in [0.3, 0.4) is 0 Å². The van der Waals surface area contributed by atoms with E-state index in [1.165, 1.54) is 6.92 Å². The number of nitrogens with zero attached hydrogens (tertiary/aromatic N) is 2. The Morgan fingerprint density at radius 1 is 1.14 bits per heavy atom. The molecule has 0 spiro atoms. The first-order valence-electron chi connectivity index (χ1n) is 10.2. The summed E-state index contributed by atoms with van der Waals surface area (Å²) in [5, 5.41) is 12.1. The maximum absolute atomic E-state index is 13.2. The van der Waals surface area contributed by atoms with Gasteiger partial charge in [-0.05, 0) is 45.2 Å². The second-order valence-electron chi connectivity index (χ2n) is 8.56. The van der Waals surface area contributed by atoms with Gasteiger partial charge in [-0.3, -0.25) is 14.5 Å². The van der Waals surface area contributed by atoms with Crippen molar-refractivity contribution in [1.82, 2.24) is 15.1 Å². The van der Waals surface area contributed by atoms with Crippen LogP contribution < -0.4 is 5.32 Å². The van der Waals surface area contributed by atoms with Gasteiger partial charge in [0, 0.05) is 12.6 Å². The minimum absolute atomic E-state index is 0.0382. The fraction of sp³-hybridized carbons (Fsp3) is 0.762.